The van der Waals surface area contributed by atoms with Crippen molar-refractivity contribution in [2.45, 2.75) is 45.3 Å². The molecule has 0 bridgehead atoms. The van der Waals surface area contributed by atoms with E-state index >= 15 is 0 Å². The molecule has 3 nitrogen and oxygen atoms in total. The molecule has 1 aliphatic rings. The molecule has 1 saturated heterocycles. The maximum absolute atomic E-state index is 11.3. The number of carbonyl (C=O) groups is 1. The first kappa shape index (κ1) is 13.1. The highest BCUT2D eigenvalue weighted by atomic mass is 16.4. The summed E-state index contributed by atoms with van der Waals surface area (Å²) in [5.74, 6) is -0.960. The molecule has 18 heavy (non-hydrogen) atoms. The van der Waals surface area contributed by atoms with Crippen molar-refractivity contribution in [3.8, 4) is 0 Å². The molecule has 1 fully saturated rings. The first-order valence-corrected chi connectivity index (χ1v) is 6.46. The van der Waals surface area contributed by atoms with Gasteiger partial charge in [0.25, 0.3) is 0 Å². The molecule has 0 radical (unpaired) electrons. The minimum Gasteiger partial charge on any atom is -0.481 e. The number of carboxylic acids is 1. The molecule has 1 heterocycles. The van der Waals surface area contributed by atoms with Gasteiger partial charge in [0.15, 0.2) is 0 Å². The second kappa shape index (κ2) is 4.73. The van der Waals surface area contributed by atoms with Crippen LogP contribution >= 0.6 is 0 Å². The van der Waals surface area contributed by atoms with Crippen LogP contribution in [-0.4, -0.2) is 27.6 Å². The largest absolute Gasteiger partial charge is 0.481 e. The zero-order valence-corrected chi connectivity index (χ0v) is 11.3. The van der Waals surface area contributed by atoms with Crippen LogP contribution in [0.1, 0.15) is 32.8 Å². The average Bonchev–Trinajstić information content (AvgIpc) is 2.54. The lowest BCUT2D eigenvalue weighted by molar-refractivity contribution is -0.144. The lowest BCUT2D eigenvalue weighted by Crippen LogP contribution is -2.46. The quantitative estimate of drug-likeness (QED) is 0.893. The number of hydrogen-bond acceptors (Lipinski definition) is 2. The second-order valence-electron chi connectivity index (χ2n) is 5.74. The molecule has 1 N–H and O–H groups in total. The van der Waals surface area contributed by atoms with Crippen LogP contribution in [0.4, 0.5) is 0 Å². The van der Waals surface area contributed by atoms with E-state index in [-0.39, 0.29) is 11.5 Å². The molecule has 1 aromatic carbocycles. The highest BCUT2D eigenvalue weighted by Crippen LogP contribution is 2.39. The SMILES string of the molecule is CC1CC(C(=O)O)C(C)(C)N1Cc1ccccc1. The Balaban J connectivity index is 2.20. The van der Waals surface area contributed by atoms with Crippen molar-refractivity contribution >= 4 is 5.97 Å². The maximum Gasteiger partial charge on any atom is 0.308 e. The molecule has 98 valence electrons. The molecule has 2 atom stereocenters. The molecular formula is C15H21NO2. The number of nitrogens with zero attached hydrogens (tertiary/aromatic N) is 1. The standard InChI is InChI=1S/C15H21NO2/c1-11-9-13(14(17)18)15(2,3)16(11)10-12-7-5-4-6-8-12/h4-8,11,13H,9-10H2,1-3H3,(H,17,18). The topological polar surface area (TPSA) is 40.5 Å². The number of carboxylic acid groups (broad SMARTS) is 1. The van der Waals surface area contributed by atoms with Gasteiger partial charge in [-0.2, -0.15) is 0 Å². The molecule has 1 aromatic rings. The molecule has 0 aliphatic carbocycles. The van der Waals surface area contributed by atoms with Crippen LogP contribution < -0.4 is 0 Å². The van der Waals surface area contributed by atoms with Crippen LogP contribution in [0.15, 0.2) is 30.3 Å². The van der Waals surface area contributed by atoms with Crippen molar-refractivity contribution < 1.29 is 9.90 Å². The van der Waals surface area contributed by atoms with Crippen molar-refractivity contribution in [1.82, 2.24) is 4.90 Å². The average molecular weight is 247 g/mol. The van der Waals surface area contributed by atoms with Gasteiger partial charge in [-0.3, -0.25) is 9.69 Å². The summed E-state index contributed by atoms with van der Waals surface area (Å²) in [4.78, 5) is 13.6. The predicted molar refractivity (Wildman–Crippen MR) is 71.3 cm³/mol. The van der Waals surface area contributed by atoms with Gasteiger partial charge in [0.05, 0.1) is 5.92 Å². The minimum absolute atomic E-state index is 0.281. The second-order valence-corrected chi connectivity index (χ2v) is 5.74. The molecule has 0 spiro atoms. The molecule has 0 saturated carbocycles. The lowest BCUT2D eigenvalue weighted by atomic mass is 9.88. The monoisotopic (exact) mass is 247 g/mol. The van der Waals surface area contributed by atoms with Gasteiger partial charge in [0.1, 0.15) is 0 Å². The zero-order valence-electron chi connectivity index (χ0n) is 11.3. The Hall–Kier alpha value is -1.35. The fourth-order valence-electron chi connectivity index (χ4n) is 3.07. The minimum atomic E-state index is -0.678. The van der Waals surface area contributed by atoms with Crippen LogP contribution in [0.3, 0.4) is 0 Å². The van der Waals surface area contributed by atoms with Crippen LogP contribution in [0, 0.1) is 5.92 Å². The number of benzene rings is 1. The Kier molecular flexibility index (Phi) is 3.44. The summed E-state index contributed by atoms with van der Waals surface area (Å²) in [7, 11) is 0. The van der Waals surface area contributed by atoms with Crippen molar-refractivity contribution in [2.24, 2.45) is 5.92 Å². The summed E-state index contributed by atoms with van der Waals surface area (Å²) in [6.07, 6.45) is 0.731. The van der Waals surface area contributed by atoms with Crippen LogP contribution in [0.5, 0.6) is 0 Å². The predicted octanol–water partition coefficient (Wildman–Crippen LogP) is 2.76. The van der Waals surface area contributed by atoms with Crippen molar-refractivity contribution in [1.29, 1.82) is 0 Å². The Morgan fingerprint density at radius 1 is 1.39 bits per heavy atom. The highest BCUT2D eigenvalue weighted by molar-refractivity contribution is 5.72. The summed E-state index contributed by atoms with van der Waals surface area (Å²) >= 11 is 0. The summed E-state index contributed by atoms with van der Waals surface area (Å²) in [5.41, 5.74) is 0.949. The van der Waals surface area contributed by atoms with Crippen molar-refractivity contribution in [2.75, 3.05) is 0 Å². The normalized spacial score (nSPS) is 27.3. The van der Waals surface area contributed by atoms with E-state index in [0.29, 0.717) is 6.04 Å². The van der Waals surface area contributed by atoms with Crippen LogP contribution in [0.25, 0.3) is 0 Å². The summed E-state index contributed by atoms with van der Waals surface area (Å²) in [6.45, 7) is 7.02. The van der Waals surface area contributed by atoms with Gasteiger partial charge < -0.3 is 5.11 Å². The van der Waals surface area contributed by atoms with Gasteiger partial charge in [-0.1, -0.05) is 30.3 Å². The molecule has 2 unspecified atom stereocenters. The Labute approximate surface area is 108 Å². The third kappa shape index (κ3) is 2.27. The molecule has 3 heteroatoms. The van der Waals surface area contributed by atoms with Crippen LogP contribution in [0.2, 0.25) is 0 Å². The van der Waals surface area contributed by atoms with E-state index in [0.717, 1.165) is 13.0 Å². The number of aliphatic carboxylic acids is 1. The van der Waals surface area contributed by atoms with Crippen molar-refractivity contribution in [3.05, 3.63) is 35.9 Å². The Morgan fingerprint density at radius 2 is 2.00 bits per heavy atom. The van der Waals surface area contributed by atoms with E-state index < -0.39 is 5.97 Å². The zero-order chi connectivity index (χ0) is 13.3. The lowest BCUT2D eigenvalue weighted by Gasteiger charge is -2.36. The fourth-order valence-corrected chi connectivity index (χ4v) is 3.07. The first-order chi connectivity index (χ1) is 8.43. The molecule has 2 rings (SSSR count). The van der Waals surface area contributed by atoms with Gasteiger partial charge in [-0.15, -0.1) is 0 Å². The van der Waals surface area contributed by atoms with E-state index in [9.17, 15) is 9.90 Å². The third-order valence-corrected chi connectivity index (χ3v) is 4.20. The van der Waals surface area contributed by atoms with Gasteiger partial charge in [-0.05, 0) is 32.8 Å². The number of likely N-dealkylation sites (tertiary alicyclic amines) is 1. The first-order valence-electron chi connectivity index (χ1n) is 6.46. The van der Waals surface area contributed by atoms with E-state index in [1.54, 1.807) is 0 Å². The summed E-state index contributed by atoms with van der Waals surface area (Å²) in [5, 5.41) is 9.32. The number of hydrogen-bond donors (Lipinski definition) is 1. The van der Waals surface area contributed by atoms with Crippen LogP contribution in [-0.2, 0) is 11.3 Å². The third-order valence-electron chi connectivity index (χ3n) is 4.20. The van der Waals surface area contributed by atoms with E-state index in [1.165, 1.54) is 5.56 Å². The summed E-state index contributed by atoms with van der Waals surface area (Å²) in [6, 6.07) is 10.5. The van der Waals surface area contributed by atoms with E-state index in [2.05, 4.69) is 24.0 Å². The maximum atomic E-state index is 11.3. The van der Waals surface area contributed by atoms with E-state index in [1.807, 2.05) is 32.0 Å². The van der Waals surface area contributed by atoms with Gasteiger partial charge in [0.2, 0.25) is 0 Å². The summed E-state index contributed by atoms with van der Waals surface area (Å²) < 4.78 is 0. The Bertz CT molecular complexity index is 427. The van der Waals surface area contributed by atoms with Gasteiger partial charge in [0, 0.05) is 18.1 Å². The highest BCUT2D eigenvalue weighted by Gasteiger charge is 2.48. The Morgan fingerprint density at radius 3 is 2.50 bits per heavy atom. The fraction of sp³-hybridized carbons (Fsp3) is 0.533. The molecular weight excluding hydrogens is 226 g/mol. The smallest absolute Gasteiger partial charge is 0.308 e. The van der Waals surface area contributed by atoms with Crippen molar-refractivity contribution in [3.63, 3.8) is 0 Å². The number of rotatable bonds is 3. The molecule has 1 aliphatic heterocycles. The van der Waals surface area contributed by atoms with Gasteiger partial charge in [-0.25, -0.2) is 0 Å². The molecule has 0 amide bonds. The van der Waals surface area contributed by atoms with Gasteiger partial charge >= 0.3 is 5.97 Å². The molecule has 0 aromatic heterocycles. The van der Waals surface area contributed by atoms with E-state index in [4.69, 9.17) is 0 Å².